The maximum Gasteiger partial charge on any atom is 0.271 e. The van der Waals surface area contributed by atoms with Crippen LogP contribution >= 0.6 is 0 Å². The van der Waals surface area contributed by atoms with Crippen LogP contribution in [-0.2, 0) is 0 Å². The Balaban J connectivity index is 1.99. The molecule has 1 aliphatic rings. The average Bonchev–Trinajstić information content (AvgIpc) is 2.73. The molecule has 2 rings (SSSR count). The maximum absolute atomic E-state index is 11.6. The molecule has 0 aromatic heterocycles. The summed E-state index contributed by atoms with van der Waals surface area (Å²) in [6.45, 7) is 2.07. The van der Waals surface area contributed by atoms with Crippen LogP contribution in [-0.4, -0.2) is 11.6 Å². The molecule has 1 N–H and O–H groups in total. The van der Waals surface area contributed by atoms with Crippen LogP contribution < -0.4 is 5.43 Å². The molecule has 1 aromatic rings. The van der Waals surface area contributed by atoms with Crippen molar-refractivity contribution in [2.45, 2.75) is 19.8 Å². The van der Waals surface area contributed by atoms with Crippen molar-refractivity contribution in [2.75, 3.05) is 0 Å². The molecule has 1 amide bonds. The van der Waals surface area contributed by atoms with Crippen molar-refractivity contribution in [3.63, 3.8) is 0 Å². The fourth-order valence-electron chi connectivity index (χ4n) is 1.62. The first-order chi connectivity index (χ1) is 7.75. The summed E-state index contributed by atoms with van der Waals surface area (Å²) in [6.07, 6.45) is 3.98. The Kier molecular flexibility index (Phi) is 3.15. The van der Waals surface area contributed by atoms with E-state index in [0.29, 0.717) is 5.56 Å². The minimum absolute atomic E-state index is 0.161. The van der Waals surface area contributed by atoms with Crippen molar-refractivity contribution in [1.82, 2.24) is 5.43 Å². The minimum Gasteiger partial charge on any atom is -0.267 e. The molecule has 0 saturated heterocycles. The normalized spacial score (nSPS) is 17.3. The van der Waals surface area contributed by atoms with Crippen LogP contribution in [0.1, 0.15) is 30.1 Å². The summed E-state index contributed by atoms with van der Waals surface area (Å²) in [5.41, 5.74) is 5.45. The van der Waals surface area contributed by atoms with E-state index in [0.717, 1.165) is 18.6 Å². The van der Waals surface area contributed by atoms with Crippen molar-refractivity contribution in [3.8, 4) is 0 Å². The number of carbonyl (C=O) groups is 1. The quantitative estimate of drug-likeness (QED) is 0.755. The van der Waals surface area contributed by atoms with E-state index in [1.807, 2.05) is 24.3 Å². The van der Waals surface area contributed by atoms with Gasteiger partial charge in [0.25, 0.3) is 5.91 Å². The van der Waals surface area contributed by atoms with E-state index in [9.17, 15) is 4.79 Å². The highest BCUT2D eigenvalue weighted by Crippen LogP contribution is 2.14. The van der Waals surface area contributed by atoms with Crippen molar-refractivity contribution < 1.29 is 4.79 Å². The van der Waals surface area contributed by atoms with Crippen molar-refractivity contribution in [1.29, 1.82) is 0 Å². The lowest BCUT2D eigenvalue weighted by Gasteiger charge is -1.99. The first kappa shape index (κ1) is 10.6. The Morgan fingerprint density at radius 1 is 1.25 bits per heavy atom. The molecule has 0 atom stereocenters. The molecule has 3 nitrogen and oxygen atoms in total. The first-order valence-electron chi connectivity index (χ1n) is 5.35. The number of hydrogen-bond donors (Lipinski definition) is 1. The predicted molar refractivity (Wildman–Crippen MR) is 64.3 cm³/mol. The molecule has 0 bridgehead atoms. The van der Waals surface area contributed by atoms with Gasteiger partial charge in [0.05, 0.1) is 5.71 Å². The summed E-state index contributed by atoms with van der Waals surface area (Å²) in [4.78, 5) is 11.6. The average molecular weight is 214 g/mol. The van der Waals surface area contributed by atoms with Crippen LogP contribution in [0.3, 0.4) is 0 Å². The van der Waals surface area contributed by atoms with Gasteiger partial charge in [-0.25, -0.2) is 5.43 Å². The van der Waals surface area contributed by atoms with Crippen LogP contribution in [0.4, 0.5) is 0 Å². The summed E-state index contributed by atoms with van der Waals surface area (Å²) in [5, 5.41) is 4.09. The zero-order valence-corrected chi connectivity index (χ0v) is 9.23. The van der Waals surface area contributed by atoms with Gasteiger partial charge in [-0.1, -0.05) is 23.8 Å². The van der Waals surface area contributed by atoms with E-state index < -0.39 is 0 Å². The second-order valence-corrected chi connectivity index (χ2v) is 3.90. The largest absolute Gasteiger partial charge is 0.271 e. The van der Waals surface area contributed by atoms with Crippen LogP contribution in [0.25, 0.3) is 0 Å². The molecule has 16 heavy (non-hydrogen) atoms. The number of amides is 1. The van der Waals surface area contributed by atoms with E-state index in [4.69, 9.17) is 0 Å². The van der Waals surface area contributed by atoms with Crippen LogP contribution in [0, 0.1) is 0 Å². The van der Waals surface area contributed by atoms with E-state index in [-0.39, 0.29) is 5.91 Å². The monoisotopic (exact) mass is 214 g/mol. The Bertz CT molecular complexity index is 446. The highest BCUT2D eigenvalue weighted by Gasteiger charge is 2.08. The van der Waals surface area contributed by atoms with Gasteiger partial charge in [0.15, 0.2) is 0 Å². The van der Waals surface area contributed by atoms with Gasteiger partial charge in [-0.05, 0) is 38.0 Å². The molecule has 0 radical (unpaired) electrons. The van der Waals surface area contributed by atoms with Gasteiger partial charge in [0, 0.05) is 5.56 Å². The molecule has 0 unspecified atom stereocenters. The Morgan fingerprint density at radius 2 is 2.00 bits per heavy atom. The third-order valence-corrected chi connectivity index (χ3v) is 2.53. The predicted octanol–water partition coefficient (Wildman–Crippen LogP) is 2.51. The summed E-state index contributed by atoms with van der Waals surface area (Å²) in [5.74, 6) is -0.161. The van der Waals surface area contributed by atoms with Crippen LogP contribution in [0.5, 0.6) is 0 Å². The third-order valence-electron chi connectivity index (χ3n) is 2.53. The van der Waals surface area contributed by atoms with Gasteiger partial charge in [0.2, 0.25) is 0 Å². The number of allylic oxidation sites excluding steroid dienone is 2. The molecular weight excluding hydrogens is 200 g/mol. The number of benzene rings is 1. The van der Waals surface area contributed by atoms with Gasteiger partial charge >= 0.3 is 0 Å². The van der Waals surface area contributed by atoms with E-state index >= 15 is 0 Å². The second-order valence-electron chi connectivity index (χ2n) is 3.90. The Labute approximate surface area is 94.9 Å². The zero-order valence-electron chi connectivity index (χ0n) is 9.23. The fraction of sp³-hybridized carbons (Fsp3) is 0.231. The van der Waals surface area contributed by atoms with E-state index in [1.54, 1.807) is 12.1 Å². The highest BCUT2D eigenvalue weighted by molar-refractivity contribution is 6.00. The van der Waals surface area contributed by atoms with Crippen molar-refractivity contribution in [3.05, 3.63) is 47.5 Å². The second kappa shape index (κ2) is 4.75. The zero-order chi connectivity index (χ0) is 11.4. The van der Waals surface area contributed by atoms with E-state index in [1.165, 1.54) is 5.57 Å². The molecule has 3 heteroatoms. The molecule has 0 heterocycles. The Hall–Kier alpha value is -1.90. The molecule has 1 aliphatic carbocycles. The fourth-order valence-corrected chi connectivity index (χ4v) is 1.62. The summed E-state index contributed by atoms with van der Waals surface area (Å²) in [7, 11) is 0. The maximum atomic E-state index is 11.6. The van der Waals surface area contributed by atoms with Gasteiger partial charge in [-0.15, -0.1) is 0 Å². The topological polar surface area (TPSA) is 41.5 Å². The molecule has 0 aliphatic heterocycles. The van der Waals surface area contributed by atoms with Crippen LogP contribution in [0.15, 0.2) is 47.1 Å². The third kappa shape index (κ3) is 2.57. The lowest BCUT2D eigenvalue weighted by atomic mass is 10.2. The molecule has 0 fully saturated rings. The number of hydrazone groups is 1. The van der Waals surface area contributed by atoms with Crippen molar-refractivity contribution >= 4 is 11.6 Å². The minimum atomic E-state index is -0.161. The number of nitrogens with zero attached hydrogens (tertiary/aromatic N) is 1. The summed E-state index contributed by atoms with van der Waals surface area (Å²) >= 11 is 0. The Morgan fingerprint density at radius 3 is 2.62 bits per heavy atom. The number of rotatable bonds is 2. The molecule has 0 spiro atoms. The molecular formula is C13H14N2O. The van der Waals surface area contributed by atoms with Gasteiger partial charge in [0.1, 0.15) is 0 Å². The highest BCUT2D eigenvalue weighted by atomic mass is 16.2. The van der Waals surface area contributed by atoms with Crippen LogP contribution in [0.2, 0.25) is 0 Å². The molecule has 1 aromatic carbocycles. The summed E-state index contributed by atoms with van der Waals surface area (Å²) < 4.78 is 0. The smallest absolute Gasteiger partial charge is 0.267 e. The number of carbonyl (C=O) groups excluding carboxylic acids is 1. The van der Waals surface area contributed by atoms with Gasteiger partial charge in [-0.3, -0.25) is 4.79 Å². The van der Waals surface area contributed by atoms with Gasteiger partial charge < -0.3 is 0 Å². The molecule has 82 valence electrons. The SMILES string of the molecule is CC1=C/C(=N/NC(=O)c2ccccc2)CC1. The first-order valence-corrected chi connectivity index (χ1v) is 5.35. The lowest BCUT2D eigenvalue weighted by Crippen LogP contribution is -2.18. The van der Waals surface area contributed by atoms with E-state index in [2.05, 4.69) is 17.5 Å². The van der Waals surface area contributed by atoms with Crippen molar-refractivity contribution in [2.24, 2.45) is 5.10 Å². The number of hydrogen-bond acceptors (Lipinski definition) is 2. The summed E-state index contributed by atoms with van der Waals surface area (Å²) in [6, 6.07) is 9.09. The molecule has 0 saturated carbocycles. The standard InChI is InChI=1S/C13H14N2O/c1-10-7-8-12(9-10)14-15-13(16)11-5-3-2-4-6-11/h2-6,9H,7-8H2,1H3,(H,15,16)/b14-12+. The lowest BCUT2D eigenvalue weighted by molar-refractivity contribution is 0.0955. The van der Waals surface area contributed by atoms with Gasteiger partial charge in [-0.2, -0.15) is 5.10 Å². The number of nitrogens with one attached hydrogen (secondary N) is 1.